The van der Waals surface area contributed by atoms with Gasteiger partial charge in [0.2, 0.25) is 17.7 Å². The second-order valence-corrected chi connectivity index (χ2v) is 8.57. The first-order valence-electron chi connectivity index (χ1n) is 12.7. The minimum Gasteiger partial charge on any atom is -0.378 e. The minimum atomic E-state index is -0.718. The fourth-order valence-corrected chi connectivity index (χ4v) is 4.02. The van der Waals surface area contributed by atoms with Crippen LogP contribution in [0.2, 0.25) is 0 Å². The number of imide groups is 1. The van der Waals surface area contributed by atoms with E-state index in [2.05, 4.69) is 10.6 Å². The van der Waals surface area contributed by atoms with Crippen molar-refractivity contribution in [3.8, 4) is 0 Å². The Hall–Kier alpha value is -2.65. The second-order valence-electron chi connectivity index (χ2n) is 8.57. The highest BCUT2D eigenvalue weighted by Crippen LogP contribution is 2.32. The lowest BCUT2D eigenvalue weighted by molar-refractivity contribution is -0.137. The molecule has 1 aromatic carbocycles. The van der Waals surface area contributed by atoms with Crippen LogP contribution in [0, 0.1) is 0 Å². The van der Waals surface area contributed by atoms with E-state index in [9.17, 15) is 19.2 Å². The molecule has 0 aromatic heterocycles. The number of anilines is 1. The molecule has 1 aromatic rings. The number of hydrogen-bond acceptors (Lipinski definition) is 10. The first-order valence-corrected chi connectivity index (χ1v) is 12.7. The highest BCUT2D eigenvalue weighted by atomic mass is 35.5. The van der Waals surface area contributed by atoms with Crippen LogP contribution in [0.15, 0.2) is 18.2 Å². The molecule has 13 nitrogen and oxygen atoms in total. The Morgan fingerprint density at radius 1 is 0.923 bits per heavy atom. The number of nitrogens with zero attached hydrogens (tertiary/aromatic N) is 1. The number of nitrogens with one attached hydrogen (secondary N) is 2. The van der Waals surface area contributed by atoms with E-state index in [1.807, 2.05) is 0 Å². The maximum Gasteiger partial charge on any atom is 0.255 e. The fourth-order valence-electron chi connectivity index (χ4n) is 4.02. The third-order valence-electron chi connectivity index (χ3n) is 5.84. The van der Waals surface area contributed by atoms with Crippen molar-refractivity contribution in [2.75, 3.05) is 77.9 Å². The molecule has 1 fully saturated rings. The van der Waals surface area contributed by atoms with Gasteiger partial charge >= 0.3 is 0 Å². The summed E-state index contributed by atoms with van der Waals surface area (Å²) in [6.07, 6.45) is 0.448. The molecule has 1 saturated heterocycles. The van der Waals surface area contributed by atoms with Gasteiger partial charge in [0.05, 0.1) is 59.5 Å². The van der Waals surface area contributed by atoms with Crippen LogP contribution in [0.4, 0.5) is 5.69 Å². The van der Waals surface area contributed by atoms with E-state index >= 15 is 0 Å². The Balaban J connectivity index is 0.00000533. The van der Waals surface area contributed by atoms with Gasteiger partial charge in [-0.05, 0) is 18.6 Å². The molecule has 0 spiro atoms. The summed E-state index contributed by atoms with van der Waals surface area (Å²) in [5, 5.41) is 5.05. The zero-order valence-corrected chi connectivity index (χ0v) is 22.6. The lowest BCUT2D eigenvalue weighted by Gasteiger charge is -2.29. The van der Waals surface area contributed by atoms with Gasteiger partial charge in [-0.25, -0.2) is 0 Å². The maximum absolute atomic E-state index is 12.9. The second kappa shape index (κ2) is 17.8. The zero-order valence-electron chi connectivity index (χ0n) is 21.8. The molecule has 0 aliphatic carbocycles. The van der Waals surface area contributed by atoms with E-state index < -0.39 is 11.9 Å². The Morgan fingerprint density at radius 3 is 2.10 bits per heavy atom. The molecule has 4 N–H and O–H groups in total. The Bertz CT molecular complexity index is 965. The van der Waals surface area contributed by atoms with Crippen LogP contribution in [0.5, 0.6) is 0 Å². The van der Waals surface area contributed by atoms with Gasteiger partial charge in [-0.15, -0.1) is 12.4 Å². The number of halogens is 1. The van der Waals surface area contributed by atoms with Crippen molar-refractivity contribution >= 4 is 41.7 Å². The van der Waals surface area contributed by atoms with Crippen molar-refractivity contribution in [1.82, 2.24) is 10.2 Å². The van der Waals surface area contributed by atoms with E-state index in [1.165, 1.54) is 4.90 Å². The molecule has 1 atom stereocenters. The number of fused-ring (bicyclic) bond motifs is 1. The maximum atomic E-state index is 12.9. The molecule has 0 saturated carbocycles. The average Bonchev–Trinajstić information content (AvgIpc) is 3.23. The average molecular weight is 573 g/mol. The highest BCUT2D eigenvalue weighted by Gasteiger charge is 2.39. The molecule has 2 aliphatic rings. The highest BCUT2D eigenvalue weighted by molar-refractivity contribution is 6.06. The SMILES string of the molecule is Cl.NCCOCCOCCOCCOCCOCC(=O)Nc1cccc2c1CN(C1CCC(=O)NC1=O)C2=O. The van der Waals surface area contributed by atoms with Crippen molar-refractivity contribution in [2.45, 2.75) is 25.4 Å². The van der Waals surface area contributed by atoms with E-state index in [0.29, 0.717) is 76.2 Å². The van der Waals surface area contributed by atoms with Gasteiger partial charge < -0.3 is 39.6 Å². The molecular weight excluding hydrogens is 536 g/mol. The Kier molecular flexibility index (Phi) is 14.9. The van der Waals surface area contributed by atoms with Crippen LogP contribution in [0.25, 0.3) is 0 Å². The molecule has 2 heterocycles. The summed E-state index contributed by atoms with van der Waals surface area (Å²) in [6, 6.07) is 4.30. The summed E-state index contributed by atoms with van der Waals surface area (Å²) in [7, 11) is 0. The van der Waals surface area contributed by atoms with Crippen molar-refractivity contribution in [1.29, 1.82) is 0 Å². The van der Waals surface area contributed by atoms with Gasteiger partial charge in [0.1, 0.15) is 12.6 Å². The molecule has 14 heteroatoms. The van der Waals surface area contributed by atoms with Crippen molar-refractivity contribution in [3.63, 3.8) is 0 Å². The predicted molar refractivity (Wildman–Crippen MR) is 142 cm³/mol. The van der Waals surface area contributed by atoms with Crippen LogP contribution in [-0.2, 0) is 44.6 Å². The number of benzene rings is 1. The smallest absolute Gasteiger partial charge is 0.255 e. The summed E-state index contributed by atoms with van der Waals surface area (Å²) in [5.74, 6) is -1.50. The summed E-state index contributed by atoms with van der Waals surface area (Å²) < 4.78 is 26.7. The first kappa shape index (κ1) is 32.6. The fraction of sp³-hybridized carbons (Fsp3) is 0.600. The van der Waals surface area contributed by atoms with Crippen LogP contribution in [0.3, 0.4) is 0 Å². The quantitative estimate of drug-likeness (QED) is 0.159. The third-order valence-corrected chi connectivity index (χ3v) is 5.84. The van der Waals surface area contributed by atoms with Crippen LogP contribution in [-0.4, -0.2) is 107 Å². The number of carbonyl (C=O) groups is 4. The van der Waals surface area contributed by atoms with Crippen LogP contribution >= 0.6 is 12.4 Å². The number of piperidine rings is 1. The first-order chi connectivity index (χ1) is 18.5. The Labute approximate surface area is 233 Å². The van der Waals surface area contributed by atoms with Crippen molar-refractivity contribution < 1.29 is 42.9 Å². The van der Waals surface area contributed by atoms with Gasteiger partial charge in [0.15, 0.2) is 0 Å². The monoisotopic (exact) mass is 572 g/mol. The van der Waals surface area contributed by atoms with Crippen molar-refractivity contribution in [2.24, 2.45) is 5.73 Å². The van der Waals surface area contributed by atoms with Gasteiger partial charge in [-0.3, -0.25) is 24.5 Å². The molecule has 0 bridgehead atoms. The number of hydrogen-bond donors (Lipinski definition) is 3. The van der Waals surface area contributed by atoms with E-state index in [-0.39, 0.29) is 62.7 Å². The van der Waals surface area contributed by atoms with Gasteiger partial charge in [-0.2, -0.15) is 0 Å². The minimum absolute atomic E-state index is 0. The molecule has 3 rings (SSSR count). The number of carbonyl (C=O) groups excluding carboxylic acids is 4. The van der Waals surface area contributed by atoms with Gasteiger partial charge in [0, 0.05) is 36.3 Å². The van der Waals surface area contributed by atoms with Gasteiger partial charge in [0.25, 0.3) is 5.91 Å². The van der Waals surface area contributed by atoms with Crippen molar-refractivity contribution in [3.05, 3.63) is 29.3 Å². The number of rotatable bonds is 18. The Morgan fingerprint density at radius 2 is 1.51 bits per heavy atom. The molecule has 0 radical (unpaired) electrons. The number of ether oxygens (including phenoxy) is 5. The summed E-state index contributed by atoms with van der Waals surface area (Å²) in [5.41, 5.74) is 6.85. The third kappa shape index (κ3) is 10.4. The predicted octanol–water partition coefficient (Wildman–Crippen LogP) is -0.150. The topological polar surface area (TPSA) is 168 Å². The largest absolute Gasteiger partial charge is 0.378 e. The summed E-state index contributed by atoms with van der Waals surface area (Å²) in [6.45, 7) is 4.29. The standard InChI is InChI=1S/C25H36N4O9.ClH/c26-6-7-34-8-9-35-10-11-36-12-13-37-14-15-38-17-23(31)27-20-3-1-2-18-19(20)16-29(25(18)33)21-4-5-22(30)28-24(21)32;/h1-3,21H,4-17,26H2,(H,27,31)(H,28,30,32);1H. The molecule has 39 heavy (non-hydrogen) atoms. The number of nitrogens with two attached hydrogens (primary N) is 1. The summed E-state index contributed by atoms with van der Waals surface area (Å²) in [4.78, 5) is 50.4. The molecule has 2 aliphatic heterocycles. The molecule has 218 valence electrons. The normalized spacial score (nSPS) is 16.6. The van der Waals surface area contributed by atoms with E-state index in [4.69, 9.17) is 29.4 Å². The molecular formula is C25H37ClN4O9. The molecule has 1 unspecified atom stereocenters. The molecule has 4 amide bonds. The van der Waals surface area contributed by atoms with Crippen LogP contribution < -0.4 is 16.4 Å². The summed E-state index contributed by atoms with van der Waals surface area (Å²) >= 11 is 0. The van der Waals surface area contributed by atoms with Crippen LogP contribution in [0.1, 0.15) is 28.8 Å². The lowest BCUT2D eigenvalue weighted by Crippen LogP contribution is -2.52. The lowest BCUT2D eigenvalue weighted by atomic mass is 10.0. The van der Waals surface area contributed by atoms with E-state index in [1.54, 1.807) is 18.2 Å². The van der Waals surface area contributed by atoms with E-state index in [0.717, 1.165) is 0 Å². The van der Waals surface area contributed by atoms with Gasteiger partial charge in [-0.1, -0.05) is 6.07 Å². The number of amides is 4. The zero-order chi connectivity index (χ0) is 27.2.